The fourth-order valence-corrected chi connectivity index (χ4v) is 2.04. The summed E-state index contributed by atoms with van der Waals surface area (Å²) in [6.07, 6.45) is 2.39. The Bertz CT molecular complexity index is 622. The standard InChI is InChI=1S/C10H8ClNO4S/c1-17(13,14)16-9-4-2-3-7(11)10(9)8-5-6-12-15-8/h2-6H,1H3. The molecule has 0 amide bonds. The fraction of sp³-hybridized carbons (Fsp3) is 0.100. The molecule has 0 aliphatic rings. The Labute approximate surface area is 103 Å². The minimum absolute atomic E-state index is 0.108. The summed E-state index contributed by atoms with van der Waals surface area (Å²) >= 11 is 5.99. The molecule has 0 aliphatic heterocycles. The molecule has 0 radical (unpaired) electrons. The van der Waals surface area contributed by atoms with E-state index < -0.39 is 10.1 Å². The van der Waals surface area contributed by atoms with E-state index in [1.165, 1.54) is 12.3 Å². The number of hydrogen-bond acceptors (Lipinski definition) is 5. The summed E-state index contributed by atoms with van der Waals surface area (Å²) in [5.74, 6) is 0.450. The van der Waals surface area contributed by atoms with Gasteiger partial charge in [0.1, 0.15) is 0 Å². The summed E-state index contributed by atoms with van der Waals surface area (Å²) in [7, 11) is -3.63. The largest absolute Gasteiger partial charge is 0.382 e. The van der Waals surface area contributed by atoms with Crippen LogP contribution < -0.4 is 4.18 Å². The highest BCUT2D eigenvalue weighted by molar-refractivity contribution is 7.86. The number of hydrogen-bond donors (Lipinski definition) is 0. The molecule has 5 nitrogen and oxygen atoms in total. The van der Waals surface area contributed by atoms with Crippen LogP contribution in [0, 0.1) is 0 Å². The van der Waals surface area contributed by atoms with Crippen LogP contribution in [0.3, 0.4) is 0 Å². The van der Waals surface area contributed by atoms with E-state index in [0.717, 1.165) is 6.26 Å². The zero-order chi connectivity index (χ0) is 12.5. The van der Waals surface area contributed by atoms with Crippen molar-refractivity contribution < 1.29 is 17.1 Å². The second kappa shape index (κ2) is 4.38. The van der Waals surface area contributed by atoms with Crippen LogP contribution in [-0.2, 0) is 10.1 Å². The maximum Gasteiger partial charge on any atom is 0.306 e. The van der Waals surface area contributed by atoms with Gasteiger partial charge < -0.3 is 8.71 Å². The van der Waals surface area contributed by atoms with Crippen LogP contribution >= 0.6 is 11.6 Å². The van der Waals surface area contributed by atoms with E-state index in [-0.39, 0.29) is 5.75 Å². The second-order valence-electron chi connectivity index (χ2n) is 3.28. The molecular formula is C10H8ClNO4S. The maximum absolute atomic E-state index is 11.1. The Kier molecular flexibility index (Phi) is 3.08. The molecule has 2 rings (SSSR count). The molecule has 0 fully saturated rings. The van der Waals surface area contributed by atoms with Crippen LogP contribution in [-0.4, -0.2) is 19.8 Å². The van der Waals surface area contributed by atoms with E-state index in [1.54, 1.807) is 18.2 Å². The van der Waals surface area contributed by atoms with E-state index in [4.69, 9.17) is 20.3 Å². The van der Waals surface area contributed by atoms with E-state index in [2.05, 4.69) is 5.16 Å². The number of rotatable bonds is 3. The summed E-state index contributed by atoms with van der Waals surface area (Å²) in [6.45, 7) is 0. The van der Waals surface area contributed by atoms with Crippen molar-refractivity contribution in [2.45, 2.75) is 0 Å². The maximum atomic E-state index is 11.1. The van der Waals surface area contributed by atoms with Crippen LogP contribution in [0.4, 0.5) is 0 Å². The van der Waals surface area contributed by atoms with Crippen molar-refractivity contribution in [3.05, 3.63) is 35.5 Å². The molecule has 0 bridgehead atoms. The normalized spacial score (nSPS) is 11.4. The molecule has 0 saturated heterocycles. The van der Waals surface area contributed by atoms with E-state index in [9.17, 15) is 8.42 Å². The van der Waals surface area contributed by atoms with Gasteiger partial charge in [-0.2, -0.15) is 8.42 Å². The van der Waals surface area contributed by atoms with Gasteiger partial charge in [0.05, 0.1) is 23.0 Å². The van der Waals surface area contributed by atoms with Crippen LogP contribution in [0.15, 0.2) is 35.0 Å². The smallest absolute Gasteiger partial charge is 0.306 e. The third-order valence-electron chi connectivity index (χ3n) is 1.90. The third kappa shape index (κ3) is 2.78. The van der Waals surface area contributed by atoms with Gasteiger partial charge in [-0.3, -0.25) is 0 Å². The Balaban J connectivity index is 2.57. The quantitative estimate of drug-likeness (QED) is 0.803. The summed E-state index contributed by atoms with van der Waals surface area (Å²) in [6, 6.07) is 6.25. The average Bonchev–Trinajstić information content (AvgIpc) is 2.68. The Hall–Kier alpha value is -1.53. The SMILES string of the molecule is CS(=O)(=O)Oc1cccc(Cl)c1-c1ccno1. The lowest BCUT2D eigenvalue weighted by Gasteiger charge is -2.08. The van der Waals surface area contributed by atoms with Gasteiger partial charge in [-0.25, -0.2) is 0 Å². The molecular weight excluding hydrogens is 266 g/mol. The van der Waals surface area contributed by atoms with Crippen molar-refractivity contribution in [2.75, 3.05) is 6.26 Å². The first-order valence-electron chi connectivity index (χ1n) is 4.56. The minimum Gasteiger partial charge on any atom is -0.382 e. The number of aromatic nitrogens is 1. The third-order valence-corrected chi connectivity index (χ3v) is 2.70. The first-order chi connectivity index (χ1) is 7.97. The molecule has 0 spiro atoms. The monoisotopic (exact) mass is 273 g/mol. The summed E-state index contributed by atoms with van der Waals surface area (Å²) in [5.41, 5.74) is 0.358. The molecule has 0 atom stereocenters. The van der Waals surface area contributed by atoms with Crippen LogP contribution in [0.1, 0.15) is 0 Å². The van der Waals surface area contributed by atoms with Crippen LogP contribution in [0.5, 0.6) is 5.75 Å². The molecule has 0 aliphatic carbocycles. The van der Waals surface area contributed by atoms with Crippen LogP contribution in [0.2, 0.25) is 5.02 Å². The Morgan fingerprint density at radius 1 is 1.35 bits per heavy atom. The highest BCUT2D eigenvalue weighted by atomic mass is 35.5. The highest BCUT2D eigenvalue weighted by Crippen LogP contribution is 2.36. The summed E-state index contributed by atoms with van der Waals surface area (Å²) in [5, 5.41) is 3.86. The predicted octanol–water partition coefficient (Wildman–Crippen LogP) is 2.33. The average molecular weight is 274 g/mol. The van der Waals surface area contributed by atoms with Gasteiger partial charge in [0.25, 0.3) is 0 Å². The molecule has 90 valence electrons. The molecule has 1 heterocycles. The van der Waals surface area contributed by atoms with Gasteiger partial charge in [0.15, 0.2) is 11.5 Å². The van der Waals surface area contributed by atoms with Crippen molar-refractivity contribution in [3.8, 4) is 17.1 Å². The van der Waals surface area contributed by atoms with E-state index >= 15 is 0 Å². The zero-order valence-corrected chi connectivity index (χ0v) is 10.3. The Morgan fingerprint density at radius 2 is 2.12 bits per heavy atom. The molecule has 2 aromatic rings. The van der Waals surface area contributed by atoms with Gasteiger partial charge in [0.2, 0.25) is 0 Å². The summed E-state index contributed by atoms with van der Waals surface area (Å²) < 4.78 is 32.0. The van der Waals surface area contributed by atoms with E-state index in [1.807, 2.05) is 0 Å². The molecule has 7 heteroatoms. The number of halogens is 1. The van der Waals surface area contributed by atoms with Gasteiger partial charge in [-0.1, -0.05) is 22.8 Å². The van der Waals surface area contributed by atoms with Gasteiger partial charge in [-0.05, 0) is 12.1 Å². The highest BCUT2D eigenvalue weighted by Gasteiger charge is 2.17. The van der Waals surface area contributed by atoms with E-state index in [0.29, 0.717) is 16.3 Å². The second-order valence-corrected chi connectivity index (χ2v) is 5.26. The topological polar surface area (TPSA) is 69.4 Å². The number of benzene rings is 1. The molecule has 0 unspecified atom stereocenters. The fourth-order valence-electron chi connectivity index (χ4n) is 1.32. The zero-order valence-electron chi connectivity index (χ0n) is 8.75. The van der Waals surface area contributed by atoms with Crippen molar-refractivity contribution in [3.63, 3.8) is 0 Å². The lowest BCUT2D eigenvalue weighted by Crippen LogP contribution is -2.06. The van der Waals surface area contributed by atoms with Crippen molar-refractivity contribution in [1.82, 2.24) is 5.16 Å². The first kappa shape index (κ1) is 11.9. The Morgan fingerprint density at radius 3 is 2.71 bits per heavy atom. The lowest BCUT2D eigenvalue weighted by molar-refractivity contribution is 0.430. The minimum atomic E-state index is -3.63. The lowest BCUT2D eigenvalue weighted by atomic mass is 10.1. The molecule has 1 aromatic carbocycles. The molecule has 0 N–H and O–H groups in total. The van der Waals surface area contributed by atoms with Crippen LogP contribution in [0.25, 0.3) is 11.3 Å². The van der Waals surface area contributed by atoms with Gasteiger partial charge in [0, 0.05) is 6.07 Å². The predicted molar refractivity (Wildman–Crippen MR) is 62.4 cm³/mol. The molecule has 0 saturated carbocycles. The van der Waals surface area contributed by atoms with Crippen molar-refractivity contribution >= 4 is 21.7 Å². The van der Waals surface area contributed by atoms with Crippen molar-refractivity contribution in [1.29, 1.82) is 0 Å². The van der Waals surface area contributed by atoms with Gasteiger partial charge >= 0.3 is 10.1 Å². The number of nitrogens with zero attached hydrogens (tertiary/aromatic N) is 1. The van der Waals surface area contributed by atoms with Crippen molar-refractivity contribution in [2.24, 2.45) is 0 Å². The first-order valence-corrected chi connectivity index (χ1v) is 6.76. The van der Waals surface area contributed by atoms with Gasteiger partial charge in [-0.15, -0.1) is 0 Å². The summed E-state index contributed by atoms with van der Waals surface area (Å²) in [4.78, 5) is 0. The molecule has 17 heavy (non-hydrogen) atoms. The molecule has 1 aromatic heterocycles.